The Morgan fingerprint density at radius 3 is 2.45 bits per heavy atom. The van der Waals surface area contributed by atoms with Gasteiger partial charge in [-0.3, -0.25) is 19.4 Å². The Hall–Kier alpha value is -2.70. The molecule has 2 aliphatic heterocycles. The van der Waals surface area contributed by atoms with Crippen LogP contribution < -0.4 is 10.2 Å². The number of amides is 2. The van der Waals surface area contributed by atoms with E-state index in [4.69, 9.17) is 0 Å². The maximum Gasteiger partial charge on any atom is 0.244 e. The van der Waals surface area contributed by atoms with Gasteiger partial charge in [-0.25, -0.2) is 0 Å². The van der Waals surface area contributed by atoms with Crippen molar-refractivity contribution in [2.24, 2.45) is 0 Å². The lowest BCUT2D eigenvalue weighted by atomic mass is 10.1. The fourth-order valence-corrected chi connectivity index (χ4v) is 4.60. The predicted octanol–water partition coefficient (Wildman–Crippen LogP) is 2.78. The van der Waals surface area contributed by atoms with Gasteiger partial charge in [0.05, 0.1) is 12.6 Å². The molecular weight excluding hydrogens is 388 g/mol. The molecule has 2 aromatic rings. The van der Waals surface area contributed by atoms with Gasteiger partial charge in [-0.15, -0.1) is 0 Å². The fraction of sp³-hybridized carbons (Fsp3) is 0.440. The van der Waals surface area contributed by atoms with Gasteiger partial charge >= 0.3 is 0 Å². The van der Waals surface area contributed by atoms with E-state index >= 15 is 0 Å². The summed E-state index contributed by atoms with van der Waals surface area (Å²) in [5.74, 6) is 0.194. The van der Waals surface area contributed by atoms with Crippen LogP contribution in [-0.2, 0) is 22.4 Å². The lowest BCUT2D eigenvalue weighted by Crippen LogP contribution is -2.55. The normalized spacial score (nSPS) is 17.9. The lowest BCUT2D eigenvalue weighted by molar-refractivity contribution is -0.124. The maximum absolute atomic E-state index is 13.1. The number of aryl methyl sites for hydroxylation is 1. The SMILES string of the molecule is CCc1ccccc1NC(=O)CN1CCN([C@H](C)C(=O)N2CCc3ccccc32)CC1. The average Bonchev–Trinajstić information content (AvgIpc) is 3.23. The minimum atomic E-state index is -0.154. The zero-order valence-electron chi connectivity index (χ0n) is 18.5. The number of piperazine rings is 1. The largest absolute Gasteiger partial charge is 0.325 e. The molecule has 2 aliphatic rings. The van der Waals surface area contributed by atoms with Gasteiger partial charge in [-0.2, -0.15) is 0 Å². The first-order chi connectivity index (χ1) is 15.1. The van der Waals surface area contributed by atoms with Crippen molar-refractivity contribution in [1.82, 2.24) is 9.80 Å². The van der Waals surface area contributed by atoms with Gasteiger partial charge in [0.15, 0.2) is 0 Å². The van der Waals surface area contributed by atoms with E-state index in [-0.39, 0.29) is 17.9 Å². The van der Waals surface area contributed by atoms with Gasteiger partial charge in [0.1, 0.15) is 0 Å². The highest BCUT2D eigenvalue weighted by molar-refractivity contribution is 5.98. The molecule has 0 radical (unpaired) electrons. The molecule has 6 nitrogen and oxygen atoms in total. The van der Waals surface area contributed by atoms with Crippen LogP contribution in [0.1, 0.15) is 25.0 Å². The highest BCUT2D eigenvalue weighted by Gasteiger charge is 2.32. The quantitative estimate of drug-likeness (QED) is 0.781. The summed E-state index contributed by atoms with van der Waals surface area (Å²) in [6.45, 7) is 8.41. The number of nitrogens with zero attached hydrogens (tertiary/aromatic N) is 3. The summed E-state index contributed by atoms with van der Waals surface area (Å²) in [6, 6.07) is 16.0. The van der Waals surface area contributed by atoms with Crippen molar-refractivity contribution in [3.8, 4) is 0 Å². The van der Waals surface area contributed by atoms with E-state index in [0.717, 1.165) is 62.5 Å². The van der Waals surface area contributed by atoms with Crippen molar-refractivity contribution in [3.63, 3.8) is 0 Å². The average molecular weight is 421 g/mol. The van der Waals surface area contributed by atoms with Crippen LogP contribution in [0.2, 0.25) is 0 Å². The molecule has 0 aromatic heterocycles. The molecule has 1 saturated heterocycles. The second-order valence-corrected chi connectivity index (χ2v) is 8.42. The molecule has 31 heavy (non-hydrogen) atoms. The van der Waals surface area contributed by atoms with Crippen LogP contribution in [0.15, 0.2) is 48.5 Å². The van der Waals surface area contributed by atoms with Gasteiger partial charge in [-0.05, 0) is 43.0 Å². The number of carbonyl (C=O) groups is 2. The summed E-state index contributed by atoms with van der Waals surface area (Å²) >= 11 is 0. The minimum absolute atomic E-state index is 0.0205. The number of hydrogen-bond donors (Lipinski definition) is 1. The Morgan fingerprint density at radius 1 is 0.968 bits per heavy atom. The number of fused-ring (bicyclic) bond motifs is 1. The van der Waals surface area contributed by atoms with Crippen molar-refractivity contribution in [2.45, 2.75) is 32.7 Å². The Labute approximate surface area is 184 Å². The second-order valence-electron chi connectivity index (χ2n) is 8.42. The lowest BCUT2D eigenvalue weighted by Gasteiger charge is -2.38. The topological polar surface area (TPSA) is 55.9 Å². The van der Waals surface area contributed by atoms with E-state index in [9.17, 15) is 9.59 Å². The Balaban J connectivity index is 1.27. The highest BCUT2D eigenvalue weighted by Crippen LogP contribution is 2.28. The third-order valence-corrected chi connectivity index (χ3v) is 6.50. The molecule has 164 valence electrons. The first-order valence-corrected chi connectivity index (χ1v) is 11.3. The summed E-state index contributed by atoms with van der Waals surface area (Å²) in [5.41, 5.74) is 4.36. The summed E-state index contributed by atoms with van der Waals surface area (Å²) in [5, 5.41) is 3.05. The number of nitrogens with one attached hydrogen (secondary N) is 1. The molecule has 4 rings (SSSR count). The van der Waals surface area contributed by atoms with Crippen molar-refractivity contribution in [2.75, 3.05) is 49.5 Å². The van der Waals surface area contributed by atoms with Crippen LogP contribution in [-0.4, -0.2) is 66.9 Å². The van der Waals surface area contributed by atoms with Gasteiger partial charge in [0.2, 0.25) is 11.8 Å². The summed E-state index contributed by atoms with van der Waals surface area (Å²) < 4.78 is 0. The molecule has 0 spiro atoms. The predicted molar refractivity (Wildman–Crippen MR) is 124 cm³/mol. The van der Waals surface area contributed by atoms with Gasteiger partial charge in [0, 0.05) is 44.1 Å². The number of rotatable bonds is 6. The molecule has 1 fully saturated rings. The summed E-state index contributed by atoms with van der Waals surface area (Å²) in [4.78, 5) is 32.0. The Bertz CT molecular complexity index is 937. The molecular formula is C25H32N4O2. The van der Waals surface area contributed by atoms with E-state index in [1.54, 1.807) is 0 Å². The molecule has 6 heteroatoms. The molecule has 0 saturated carbocycles. The van der Waals surface area contributed by atoms with E-state index in [0.29, 0.717) is 6.54 Å². The number of benzene rings is 2. The van der Waals surface area contributed by atoms with Crippen LogP contribution in [0.4, 0.5) is 11.4 Å². The maximum atomic E-state index is 13.1. The molecule has 2 amide bonds. The number of anilines is 2. The Morgan fingerprint density at radius 2 is 1.68 bits per heavy atom. The van der Waals surface area contributed by atoms with Crippen LogP contribution in [0.3, 0.4) is 0 Å². The van der Waals surface area contributed by atoms with E-state index in [1.807, 2.05) is 54.3 Å². The standard InChI is InChI=1S/C25H32N4O2/c1-3-20-8-4-6-10-22(20)26-24(30)18-27-14-16-28(17-15-27)19(2)25(31)29-13-12-21-9-5-7-11-23(21)29/h4-11,19H,3,12-18H2,1-2H3,(H,26,30)/t19-/m1/s1. The van der Waals surface area contributed by atoms with Crippen LogP contribution in [0.5, 0.6) is 0 Å². The first-order valence-electron chi connectivity index (χ1n) is 11.3. The van der Waals surface area contributed by atoms with E-state index in [1.165, 1.54) is 5.56 Å². The fourth-order valence-electron chi connectivity index (χ4n) is 4.60. The second kappa shape index (κ2) is 9.62. The molecule has 0 aliphatic carbocycles. The molecule has 0 bridgehead atoms. The molecule has 0 unspecified atom stereocenters. The van der Waals surface area contributed by atoms with Crippen molar-refractivity contribution in [3.05, 3.63) is 59.7 Å². The number of carbonyl (C=O) groups excluding carboxylic acids is 2. The third-order valence-electron chi connectivity index (χ3n) is 6.50. The minimum Gasteiger partial charge on any atom is -0.325 e. The molecule has 2 heterocycles. The third kappa shape index (κ3) is 4.81. The van der Waals surface area contributed by atoms with Gasteiger partial charge in [-0.1, -0.05) is 43.3 Å². The van der Waals surface area contributed by atoms with Crippen molar-refractivity contribution < 1.29 is 9.59 Å². The zero-order valence-corrected chi connectivity index (χ0v) is 18.5. The number of para-hydroxylation sites is 2. The summed E-state index contributed by atoms with van der Waals surface area (Å²) in [6.07, 6.45) is 1.82. The van der Waals surface area contributed by atoms with E-state index < -0.39 is 0 Å². The Kier molecular flexibility index (Phi) is 6.68. The number of hydrogen-bond acceptors (Lipinski definition) is 4. The summed E-state index contributed by atoms with van der Waals surface area (Å²) in [7, 11) is 0. The van der Waals surface area contributed by atoms with Crippen LogP contribution in [0.25, 0.3) is 0 Å². The first kappa shape index (κ1) is 21.5. The van der Waals surface area contributed by atoms with Crippen LogP contribution >= 0.6 is 0 Å². The highest BCUT2D eigenvalue weighted by atomic mass is 16.2. The van der Waals surface area contributed by atoms with E-state index in [2.05, 4.69) is 28.1 Å². The smallest absolute Gasteiger partial charge is 0.244 e. The van der Waals surface area contributed by atoms with Gasteiger partial charge in [0.25, 0.3) is 0 Å². The molecule has 1 N–H and O–H groups in total. The molecule has 1 atom stereocenters. The van der Waals surface area contributed by atoms with Crippen molar-refractivity contribution >= 4 is 23.2 Å². The van der Waals surface area contributed by atoms with Crippen LogP contribution in [0, 0.1) is 0 Å². The monoisotopic (exact) mass is 420 g/mol. The van der Waals surface area contributed by atoms with Gasteiger partial charge < -0.3 is 10.2 Å². The molecule has 2 aromatic carbocycles. The van der Waals surface area contributed by atoms with Crippen molar-refractivity contribution in [1.29, 1.82) is 0 Å². The zero-order chi connectivity index (χ0) is 21.8.